The molecule has 1 aliphatic heterocycles. The molecule has 6 rings (SSSR count). The molecule has 24 heavy (non-hydrogen) atoms. The number of hydrogen-bond acceptors (Lipinski definition) is 1. The Morgan fingerprint density at radius 1 is 0.792 bits per heavy atom. The number of aromatic nitrogens is 1. The fourth-order valence-electron chi connectivity index (χ4n) is 4.33. The number of para-hydroxylation sites is 1. The lowest BCUT2D eigenvalue weighted by Gasteiger charge is -2.16. The molecule has 1 nitrogen and oxygen atoms in total. The summed E-state index contributed by atoms with van der Waals surface area (Å²) in [5.41, 5.74) is 4.04. The molecule has 2 heteroatoms. The minimum Gasteiger partial charge on any atom is -0.354 e. The van der Waals surface area contributed by atoms with E-state index in [4.69, 9.17) is 0 Å². The van der Waals surface area contributed by atoms with E-state index in [0.717, 1.165) is 0 Å². The van der Waals surface area contributed by atoms with Crippen molar-refractivity contribution in [2.24, 2.45) is 0 Å². The highest BCUT2D eigenvalue weighted by atomic mass is 32.2. The molecule has 0 saturated heterocycles. The summed E-state index contributed by atoms with van der Waals surface area (Å²) in [6.07, 6.45) is 9.09. The summed E-state index contributed by atoms with van der Waals surface area (Å²) in [7, 11) is 0. The van der Waals surface area contributed by atoms with Crippen molar-refractivity contribution in [3.8, 4) is 0 Å². The van der Waals surface area contributed by atoms with Gasteiger partial charge in [0, 0.05) is 32.4 Å². The van der Waals surface area contributed by atoms with Crippen molar-refractivity contribution >= 4 is 44.3 Å². The number of fused-ring (bicyclic) bond motifs is 10. The standard InChI is InChI=1S/C22H15NS/c1-2-8-14-13(7-1)19-15-9-3-5-11-17(15)23-21(19)22-20(14)16-10-4-6-12-18(16)24-22/h1-12,16,18,23H. The van der Waals surface area contributed by atoms with Gasteiger partial charge in [0.2, 0.25) is 0 Å². The van der Waals surface area contributed by atoms with Gasteiger partial charge >= 0.3 is 0 Å². The molecule has 3 aromatic carbocycles. The summed E-state index contributed by atoms with van der Waals surface area (Å²) in [5.74, 6) is 0.482. The van der Waals surface area contributed by atoms with Crippen molar-refractivity contribution in [3.05, 3.63) is 78.4 Å². The highest BCUT2D eigenvalue weighted by Gasteiger charge is 2.35. The molecule has 1 aliphatic carbocycles. The van der Waals surface area contributed by atoms with Gasteiger partial charge in [-0.2, -0.15) is 0 Å². The summed E-state index contributed by atoms with van der Waals surface area (Å²) >= 11 is 2.01. The minimum absolute atomic E-state index is 0.482. The van der Waals surface area contributed by atoms with Gasteiger partial charge in [0.1, 0.15) is 0 Å². The quantitative estimate of drug-likeness (QED) is 0.409. The van der Waals surface area contributed by atoms with Gasteiger partial charge in [-0.15, -0.1) is 11.8 Å². The van der Waals surface area contributed by atoms with E-state index in [1.165, 1.54) is 43.0 Å². The van der Waals surface area contributed by atoms with Gasteiger partial charge in [-0.05, 0) is 22.4 Å². The second-order valence-electron chi connectivity index (χ2n) is 6.59. The Morgan fingerprint density at radius 2 is 1.54 bits per heavy atom. The van der Waals surface area contributed by atoms with Crippen molar-refractivity contribution < 1.29 is 0 Å². The third kappa shape index (κ3) is 1.52. The first kappa shape index (κ1) is 12.9. The monoisotopic (exact) mass is 325 g/mol. The molecule has 2 aliphatic rings. The van der Waals surface area contributed by atoms with Gasteiger partial charge in [-0.1, -0.05) is 66.8 Å². The van der Waals surface area contributed by atoms with Crippen LogP contribution in [-0.4, -0.2) is 10.2 Å². The second kappa shape index (κ2) is 4.55. The smallest absolute Gasteiger partial charge is 0.0612 e. The molecule has 1 aromatic heterocycles. The molecule has 114 valence electrons. The third-order valence-electron chi connectivity index (χ3n) is 5.34. The Morgan fingerprint density at radius 3 is 2.46 bits per heavy atom. The first-order valence-electron chi connectivity index (χ1n) is 8.38. The predicted molar refractivity (Wildman–Crippen MR) is 104 cm³/mol. The van der Waals surface area contributed by atoms with Gasteiger partial charge in [0.15, 0.2) is 0 Å². The minimum atomic E-state index is 0.482. The van der Waals surface area contributed by atoms with Crippen LogP contribution in [-0.2, 0) is 0 Å². The zero-order valence-electron chi connectivity index (χ0n) is 13.0. The van der Waals surface area contributed by atoms with Crippen LogP contribution in [0.3, 0.4) is 0 Å². The lowest BCUT2D eigenvalue weighted by atomic mass is 9.87. The number of nitrogens with one attached hydrogen (secondary N) is 1. The summed E-state index contributed by atoms with van der Waals surface area (Å²) < 4.78 is 0. The van der Waals surface area contributed by atoms with Crippen LogP contribution in [0.1, 0.15) is 11.5 Å². The van der Waals surface area contributed by atoms with E-state index in [9.17, 15) is 0 Å². The number of allylic oxidation sites excluding steroid dienone is 3. The summed E-state index contributed by atoms with van der Waals surface area (Å²) in [6.45, 7) is 0. The van der Waals surface area contributed by atoms with E-state index in [0.29, 0.717) is 11.2 Å². The van der Waals surface area contributed by atoms with Gasteiger partial charge < -0.3 is 4.98 Å². The van der Waals surface area contributed by atoms with E-state index < -0.39 is 0 Å². The van der Waals surface area contributed by atoms with Crippen LogP contribution in [0.5, 0.6) is 0 Å². The van der Waals surface area contributed by atoms with Crippen molar-refractivity contribution in [3.63, 3.8) is 0 Å². The summed E-state index contributed by atoms with van der Waals surface area (Å²) in [6, 6.07) is 17.6. The SMILES string of the molecule is C1=CC2Sc3c(c4ccccc4c4c3[nH]c3ccccc34)C2C=C1. The first-order valence-corrected chi connectivity index (χ1v) is 9.26. The normalized spacial score (nSPS) is 21.7. The molecule has 2 unspecified atom stereocenters. The molecule has 2 heterocycles. The van der Waals surface area contributed by atoms with Crippen LogP contribution in [0.4, 0.5) is 0 Å². The number of thioether (sulfide) groups is 1. The van der Waals surface area contributed by atoms with Crippen LogP contribution in [0.2, 0.25) is 0 Å². The Bertz CT molecular complexity index is 1190. The van der Waals surface area contributed by atoms with Gasteiger partial charge in [-0.3, -0.25) is 0 Å². The molecular formula is C22H15NS. The zero-order valence-corrected chi connectivity index (χ0v) is 13.8. The maximum atomic E-state index is 3.71. The molecule has 2 atom stereocenters. The fourth-order valence-corrected chi connectivity index (χ4v) is 5.79. The number of rotatable bonds is 0. The molecule has 0 amide bonds. The second-order valence-corrected chi connectivity index (χ2v) is 7.78. The molecule has 1 N–H and O–H groups in total. The highest BCUT2D eigenvalue weighted by molar-refractivity contribution is 8.00. The van der Waals surface area contributed by atoms with Crippen molar-refractivity contribution in [2.75, 3.05) is 0 Å². The van der Waals surface area contributed by atoms with E-state index in [2.05, 4.69) is 77.8 Å². The molecule has 0 saturated carbocycles. The number of hydrogen-bond donors (Lipinski definition) is 1. The molecule has 0 bridgehead atoms. The van der Waals surface area contributed by atoms with Gasteiger partial charge in [0.05, 0.1) is 5.52 Å². The maximum Gasteiger partial charge on any atom is 0.0612 e. The van der Waals surface area contributed by atoms with Crippen molar-refractivity contribution in [2.45, 2.75) is 16.1 Å². The van der Waals surface area contributed by atoms with Crippen LogP contribution in [0.25, 0.3) is 32.6 Å². The van der Waals surface area contributed by atoms with Crippen LogP contribution in [0, 0.1) is 0 Å². The molecule has 0 radical (unpaired) electrons. The highest BCUT2D eigenvalue weighted by Crippen LogP contribution is 2.54. The van der Waals surface area contributed by atoms with Crippen LogP contribution in [0.15, 0.2) is 77.7 Å². The Balaban J connectivity index is 1.87. The van der Waals surface area contributed by atoms with Gasteiger partial charge in [0.25, 0.3) is 0 Å². The Hall–Kier alpha value is -2.45. The molecular weight excluding hydrogens is 310 g/mol. The number of H-pyrrole nitrogens is 1. The largest absolute Gasteiger partial charge is 0.354 e. The van der Waals surface area contributed by atoms with Crippen molar-refractivity contribution in [1.29, 1.82) is 0 Å². The predicted octanol–water partition coefficient (Wildman–Crippen LogP) is 6.16. The molecule has 0 fully saturated rings. The third-order valence-corrected chi connectivity index (χ3v) is 6.72. The van der Waals surface area contributed by atoms with E-state index in [-0.39, 0.29) is 0 Å². The molecule has 4 aromatic rings. The Labute approximate surface area is 144 Å². The molecule has 0 spiro atoms. The van der Waals surface area contributed by atoms with E-state index in [1.807, 2.05) is 11.8 Å². The van der Waals surface area contributed by atoms with Crippen molar-refractivity contribution in [1.82, 2.24) is 4.98 Å². The lowest BCUT2D eigenvalue weighted by molar-refractivity contribution is 0.892. The van der Waals surface area contributed by atoms with E-state index >= 15 is 0 Å². The zero-order chi connectivity index (χ0) is 15.7. The lowest BCUT2D eigenvalue weighted by Crippen LogP contribution is -2.07. The number of aromatic amines is 1. The van der Waals surface area contributed by atoms with E-state index in [1.54, 1.807) is 0 Å². The summed E-state index contributed by atoms with van der Waals surface area (Å²) in [5, 5.41) is 6.00. The first-order chi connectivity index (χ1) is 11.9. The Kier molecular flexibility index (Phi) is 2.45. The van der Waals surface area contributed by atoms with Crippen LogP contribution < -0.4 is 0 Å². The van der Waals surface area contributed by atoms with Crippen LogP contribution >= 0.6 is 11.8 Å². The topological polar surface area (TPSA) is 15.8 Å². The van der Waals surface area contributed by atoms with Gasteiger partial charge in [-0.25, -0.2) is 0 Å². The summed E-state index contributed by atoms with van der Waals surface area (Å²) in [4.78, 5) is 5.15. The maximum absolute atomic E-state index is 3.71. The average molecular weight is 325 g/mol. The fraction of sp³-hybridized carbons (Fsp3) is 0.0909. The number of benzene rings is 3. The average Bonchev–Trinajstić information content (AvgIpc) is 3.21.